The van der Waals surface area contributed by atoms with Gasteiger partial charge < -0.3 is 10.6 Å². The summed E-state index contributed by atoms with van der Waals surface area (Å²) < 4.78 is 0. The highest BCUT2D eigenvalue weighted by molar-refractivity contribution is 6.42. The molecule has 2 N–H and O–H groups in total. The van der Waals surface area contributed by atoms with Gasteiger partial charge in [0.15, 0.2) is 0 Å². The quantitative estimate of drug-likeness (QED) is 0.598. The Morgan fingerprint density at radius 3 is 1.44 bits per heavy atom. The third kappa shape index (κ3) is 6.40. The number of hydrogen-bond donors (Lipinski definition) is 2. The molecule has 132 valence electrons. The van der Waals surface area contributed by atoms with Gasteiger partial charge in [0.05, 0.1) is 20.1 Å². The highest BCUT2D eigenvalue weighted by Crippen LogP contribution is 2.26. The second kappa shape index (κ2) is 9.30. The molecule has 25 heavy (non-hydrogen) atoms. The van der Waals surface area contributed by atoms with Crippen molar-refractivity contribution in [3.05, 3.63) is 56.5 Å². The van der Waals surface area contributed by atoms with Crippen LogP contribution in [0.25, 0.3) is 0 Å². The van der Waals surface area contributed by atoms with Crippen LogP contribution in [0.4, 0.5) is 11.4 Å². The molecule has 0 aromatic heterocycles. The third-order valence-electron chi connectivity index (χ3n) is 3.21. The van der Waals surface area contributed by atoms with Crippen LogP contribution < -0.4 is 10.6 Å². The van der Waals surface area contributed by atoms with Gasteiger partial charge in [-0.3, -0.25) is 9.59 Å². The van der Waals surface area contributed by atoms with Crippen molar-refractivity contribution in [2.24, 2.45) is 0 Å². The standard InChI is InChI=1S/C17H14Cl4N2O2/c18-12-6-4-10(8-14(12)20)22-16(24)2-1-3-17(25)23-11-5-7-13(19)15(21)9-11/h4-9H,1-3H2,(H,22,24)(H,23,25). The van der Waals surface area contributed by atoms with Crippen molar-refractivity contribution >= 4 is 69.6 Å². The van der Waals surface area contributed by atoms with Crippen LogP contribution in [-0.4, -0.2) is 11.8 Å². The topological polar surface area (TPSA) is 58.2 Å². The molecule has 0 spiro atoms. The molecule has 2 amide bonds. The lowest BCUT2D eigenvalue weighted by molar-refractivity contribution is -0.117. The van der Waals surface area contributed by atoms with E-state index in [-0.39, 0.29) is 24.7 Å². The number of amides is 2. The Bertz CT molecular complexity index is 731. The summed E-state index contributed by atoms with van der Waals surface area (Å²) in [7, 11) is 0. The Balaban J connectivity index is 1.75. The van der Waals surface area contributed by atoms with Crippen molar-refractivity contribution < 1.29 is 9.59 Å². The molecule has 0 aliphatic carbocycles. The first kappa shape index (κ1) is 19.9. The summed E-state index contributed by atoms with van der Waals surface area (Å²) in [5.74, 6) is -0.415. The van der Waals surface area contributed by atoms with Gasteiger partial charge >= 0.3 is 0 Å². The van der Waals surface area contributed by atoms with Gasteiger partial charge in [-0.15, -0.1) is 0 Å². The molecule has 0 atom stereocenters. The van der Waals surface area contributed by atoms with Crippen LogP contribution in [0, 0.1) is 0 Å². The highest BCUT2D eigenvalue weighted by Gasteiger charge is 2.08. The molecule has 2 rings (SSSR count). The van der Waals surface area contributed by atoms with E-state index >= 15 is 0 Å². The lowest BCUT2D eigenvalue weighted by Gasteiger charge is -2.08. The first-order valence-electron chi connectivity index (χ1n) is 7.35. The second-order valence-electron chi connectivity index (χ2n) is 5.21. The van der Waals surface area contributed by atoms with Crippen LogP contribution >= 0.6 is 46.4 Å². The number of benzene rings is 2. The smallest absolute Gasteiger partial charge is 0.224 e. The summed E-state index contributed by atoms with van der Waals surface area (Å²) in [6, 6.07) is 9.65. The van der Waals surface area contributed by atoms with Crippen molar-refractivity contribution in [3.63, 3.8) is 0 Å². The van der Waals surface area contributed by atoms with Gasteiger partial charge in [-0.25, -0.2) is 0 Å². The minimum absolute atomic E-state index is 0.203. The van der Waals surface area contributed by atoms with E-state index in [0.717, 1.165) is 0 Å². The molecular weight excluding hydrogens is 406 g/mol. The molecule has 8 heteroatoms. The Morgan fingerprint density at radius 2 is 1.08 bits per heavy atom. The van der Waals surface area contributed by atoms with E-state index in [4.69, 9.17) is 46.4 Å². The largest absolute Gasteiger partial charge is 0.326 e. The van der Waals surface area contributed by atoms with Crippen molar-refractivity contribution in [1.82, 2.24) is 0 Å². The van der Waals surface area contributed by atoms with Crippen LogP contribution in [0.1, 0.15) is 19.3 Å². The van der Waals surface area contributed by atoms with E-state index in [0.29, 0.717) is 37.9 Å². The summed E-state index contributed by atoms with van der Waals surface area (Å²) >= 11 is 23.4. The van der Waals surface area contributed by atoms with E-state index in [1.54, 1.807) is 36.4 Å². The zero-order valence-corrected chi connectivity index (χ0v) is 15.9. The highest BCUT2D eigenvalue weighted by atomic mass is 35.5. The van der Waals surface area contributed by atoms with Gasteiger partial charge in [-0.1, -0.05) is 46.4 Å². The van der Waals surface area contributed by atoms with E-state index in [9.17, 15) is 9.59 Å². The second-order valence-corrected chi connectivity index (χ2v) is 6.84. The van der Waals surface area contributed by atoms with Crippen LogP contribution in [0.15, 0.2) is 36.4 Å². The van der Waals surface area contributed by atoms with Gasteiger partial charge in [0.1, 0.15) is 0 Å². The zero-order valence-electron chi connectivity index (χ0n) is 12.9. The molecule has 0 radical (unpaired) electrons. The monoisotopic (exact) mass is 418 g/mol. The average molecular weight is 420 g/mol. The first-order chi connectivity index (χ1) is 11.8. The first-order valence-corrected chi connectivity index (χ1v) is 8.86. The number of carbonyl (C=O) groups excluding carboxylic acids is 2. The molecular formula is C17H14Cl4N2O2. The van der Waals surface area contributed by atoms with Crippen molar-refractivity contribution in [3.8, 4) is 0 Å². The Hall–Kier alpha value is -1.46. The zero-order chi connectivity index (χ0) is 18.4. The average Bonchev–Trinajstić information content (AvgIpc) is 2.54. The summed E-state index contributed by atoms with van der Waals surface area (Å²) in [6.07, 6.45) is 0.810. The van der Waals surface area contributed by atoms with Crippen molar-refractivity contribution in [1.29, 1.82) is 0 Å². The van der Waals surface area contributed by atoms with Crippen molar-refractivity contribution in [2.75, 3.05) is 10.6 Å². The third-order valence-corrected chi connectivity index (χ3v) is 4.69. The number of rotatable bonds is 6. The van der Waals surface area contributed by atoms with Gasteiger partial charge in [-0.05, 0) is 42.8 Å². The van der Waals surface area contributed by atoms with E-state index in [1.165, 1.54) is 0 Å². The minimum atomic E-state index is -0.208. The predicted molar refractivity (Wildman–Crippen MR) is 104 cm³/mol. The maximum Gasteiger partial charge on any atom is 0.224 e. The maximum atomic E-state index is 11.9. The SMILES string of the molecule is O=C(CCCC(=O)Nc1ccc(Cl)c(Cl)c1)Nc1ccc(Cl)c(Cl)c1. The molecule has 0 aliphatic rings. The maximum absolute atomic E-state index is 11.9. The molecule has 0 unspecified atom stereocenters. The molecule has 4 nitrogen and oxygen atoms in total. The normalized spacial score (nSPS) is 10.4. The van der Waals surface area contributed by atoms with Crippen LogP contribution in [0.3, 0.4) is 0 Å². The van der Waals surface area contributed by atoms with Crippen LogP contribution in [0.2, 0.25) is 20.1 Å². The van der Waals surface area contributed by atoms with E-state index < -0.39 is 0 Å². The van der Waals surface area contributed by atoms with E-state index in [2.05, 4.69) is 10.6 Å². The number of hydrogen-bond acceptors (Lipinski definition) is 2. The number of nitrogens with one attached hydrogen (secondary N) is 2. The van der Waals surface area contributed by atoms with Gasteiger partial charge in [0, 0.05) is 24.2 Å². The molecule has 2 aromatic rings. The summed E-state index contributed by atoms with van der Waals surface area (Å²) in [6.45, 7) is 0. The lowest BCUT2D eigenvalue weighted by atomic mass is 10.2. The van der Waals surface area contributed by atoms with Crippen LogP contribution in [-0.2, 0) is 9.59 Å². The van der Waals surface area contributed by atoms with Gasteiger partial charge in [0.2, 0.25) is 11.8 Å². The molecule has 0 saturated heterocycles. The molecule has 0 saturated carbocycles. The molecule has 0 bridgehead atoms. The van der Waals surface area contributed by atoms with E-state index in [1.807, 2.05) is 0 Å². The molecule has 0 aliphatic heterocycles. The summed E-state index contributed by atoms with van der Waals surface area (Å²) in [5.41, 5.74) is 1.11. The Labute approximate surface area is 165 Å². The Morgan fingerprint density at radius 1 is 0.680 bits per heavy atom. The molecule has 0 fully saturated rings. The van der Waals surface area contributed by atoms with Gasteiger partial charge in [-0.2, -0.15) is 0 Å². The predicted octanol–water partition coefficient (Wildman–Crippen LogP) is 6.05. The molecule has 0 heterocycles. The minimum Gasteiger partial charge on any atom is -0.326 e. The Kier molecular flexibility index (Phi) is 7.38. The summed E-state index contributed by atoms with van der Waals surface area (Å²) in [5, 5.41) is 6.96. The van der Waals surface area contributed by atoms with Gasteiger partial charge in [0.25, 0.3) is 0 Å². The van der Waals surface area contributed by atoms with Crippen molar-refractivity contribution in [2.45, 2.75) is 19.3 Å². The summed E-state index contributed by atoms with van der Waals surface area (Å²) in [4.78, 5) is 23.8. The van der Waals surface area contributed by atoms with Crippen LogP contribution in [0.5, 0.6) is 0 Å². The lowest BCUT2D eigenvalue weighted by Crippen LogP contribution is -2.14. The molecule has 2 aromatic carbocycles. The fraction of sp³-hybridized carbons (Fsp3) is 0.176. The number of carbonyl (C=O) groups is 2. The fourth-order valence-electron chi connectivity index (χ4n) is 2.00. The fourth-order valence-corrected chi connectivity index (χ4v) is 2.60. The number of anilines is 2. The number of halogens is 4.